The first-order chi connectivity index (χ1) is 13.2. The van der Waals surface area contributed by atoms with Gasteiger partial charge in [0, 0.05) is 26.2 Å². The Hall–Kier alpha value is -2.91. The van der Waals surface area contributed by atoms with E-state index in [4.69, 9.17) is 4.74 Å². The first-order valence-electron chi connectivity index (χ1n) is 8.44. The Morgan fingerprint density at radius 1 is 1.04 bits per heavy atom. The third-order valence-electron chi connectivity index (χ3n) is 3.93. The summed E-state index contributed by atoms with van der Waals surface area (Å²) in [4.78, 5) is 24.2. The molecule has 150 valence electrons. The van der Waals surface area contributed by atoms with Gasteiger partial charge in [-0.05, 0) is 35.9 Å². The summed E-state index contributed by atoms with van der Waals surface area (Å²) in [6, 6.07) is 12.9. The van der Waals surface area contributed by atoms with E-state index in [0.717, 1.165) is 15.6 Å². The maximum atomic E-state index is 12.2. The van der Waals surface area contributed by atoms with Crippen LogP contribution in [0.1, 0.15) is 15.9 Å². The van der Waals surface area contributed by atoms with Crippen LogP contribution in [-0.2, 0) is 21.4 Å². The van der Waals surface area contributed by atoms with Gasteiger partial charge in [-0.15, -0.1) is 0 Å². The number of hydrogen-bond acceptors (Lipinski definition) is 5. The van der Waals surface area contributed by atoms with Gasteiger partial charge in [-0.3, -0.25) is 9.59 Å². The number of nitrogens with zero attached hydrogens (tertiary/aromatic N) is 1. The lowest BCUT2D eigenvalue weighted by Crippen LogP contribution is -2.36. The number of carbonyl (C=O) groups excluding carboxylic acids is 2. The van der Waals surface area contributed by atoms with Gasteiger partial charge in [-0.2, -0.15) is 0 Å². The Morgan fingerprint density at radius 3 is 2.32 bits per heavy atom. The number of ether oxygens (including phenoxy) is 1. The van der Waals surface area contributed by atoms with Crippen LogP contribution in [0.25, 0.3) is 0 Å². The monoisotopic (exact) mass is 405 g/mol. The summed E-state index contributed by atoms with van der Waals surface area (Å²) in [5.41, 5.74) is 1.05. The second-order valence-corrected chi connectivity index (χ2v) is 8.27. The molecule has 0 aliphatic rings. The van der Waals surface area contributed by atoms with Crippen molar-refractivity contribution in [1.29, 1.82) is 0 Å². The van der Waals surface area contributed by atoms with Crippen molar-refractivity contribution in [2.24, 2.45) is 0 Å². The highest BCUT2D eigenvalue weighted by molar-refractivity contribution is 7.89. The van der Waals surface area contributed by atoms with E-state index in [9.17, 15) is 18.0 Å². The van der Waals surface area contributed by atoms with Crippen molar-refractivity contribution < 1.29 is 22.7 Å². The van der Waals surface area contributed by atoms with Crippen LogP contribution in [0.2, 0.25) is 0 Å². The first kappa shape index (κ1) is 21.4. The Labute approximate surface area is 164 Å². The normalized spacial score (nSPS) is 11.1. The van der Waals surface area contributed by atoms with Gasteiger partial charge in [-0.25, -0.2) is 12.7 Å². The predicted octanol–water partition coefficient (Wildman–Crippen LogP) is 0.992. The van der Waals surface area contributed by atoms with Crippen LogP contribution in [0.4, 0.5) is 0 Å². The molecule has 28 heavy (non-hydrogen) atoms. The van der Waals surface area contributed by atoms with Crippen LogP contribution in [0, 0.1) is 0 Å². The van der Waals surface area contributed by atoms with E-state index in [-0.39, 0.29) is 22.9 Å². The Balaban J connectivity index is 1.90. The highest BCUT2D eigenvalue weighted by Gasteiger charge is 2.18. The number of amides is 2. The van der Waals surface area contributed by atoms with Crippen LogP contribution >= 0.6 is 0 Å². The summed E-state index contributed by atoms with van der Waals surface area (Å²) >= 11 is 0. The van der Waals surface area contributed by atoms with Gasteiger partial charge in [0.05, 0.1) is 18.6 Å². The molecule has 0 aliphatic carbocycles. The molecule has 0 aliphatic heterocycles. The highest BCUT2D eigenvalue weighted by atomic mass is 32.2. The third kappa shape index (κ3) is 5.54. The molecule has 0 aromatic heterocycles. The molecule has 2 amide bonds. The topological polar surface area (TPSA) is 105 Å². The summed E-state index contributed by atoms with van der Waals surface area (Å²) < 4.78 is 30.4. The lowest BCUT2D eigenvalue weighted by molar-refractivity contribution is -0.120. The van der Waals surface area contributed by atoms with E-state index in [1.54, 1.807) is 19.2 Å². The average molecular weight is 405 g/mol. The molecule has 2 aromatic rings. The van der Waals surface area contributed by atoms with Gasteiger partial charge in [-0.1, -0.05) is 18.2 Å². The van der Waals surface area contributed by atoms with Crippen LogP contribution in [0.5, 0.6) is 5.75 Å². The minimum atomic E-state index is -3.64. The van der Waals surface area contributed by atoms with E-state index in [0.29, 0.717) is 6.54 Å². The van der Waals surface area contributed by atoms with Crippen molar-refractivity contribution in [1.82, 2.24) is 14.9 Å². The van der Waals surface area contributed by atoms with Gasteiger partial charge < -0.3 is 15.4 Å². The number of nitrogens with one attached hydrogen (secondary N) is 2. The zero-order chi connectivity index (χ0) is 20.7. The Bertz CT molecular complexity index is 940. The number of methoxy groups -OCH3 is 1. The van der Waals surface area contributed by atoms with E-state index >= 15 is 0 Å². The first-order valence-corrected chi connectivity index (χ1v) is 9.88. The quantitative estimate of drug-likeness (QED) is 0.682. The average Bonchev–Trinajstić information content (AvgIpc) is 2.70. The summed E-state index contributed by atoms with van der Waals surface area (Å²) in [5.74, 6) is -0.169. The molecule has 9 heteroatoms. The molecule has 0 spiro atoms. The van der Waals surface area contributed by atoms with Crippen molar-refractivity contribution in [2.75, 3.05) is 27.7 Å². The minimum Gasteiger partial charge on any atom is -0.497 e. The van der Waals surface area contributed by atoms with Gasteiger partial charge >= 0.3 is 0 Å². The minimum absolute atomic E-state index is 0.00843. The predicted molar refractivity (Wildman–Crippen MR) is 104 cm³/mol. The second kappa shape index (κ2) is 9.34. The van der Waals surface area contributed by atoms with Gasteiger partial charge in [0.25, 0.3) is 5.91 Å². The molecule has 0 atom stereocenters. The molecule has 2 aromatic carbocycles. The van der Waals surface area contributed by atoms with Crippen LogP contribution in [-0.4, -0.2) is 52.3 Å². The summed E-state index contributed by atoms with van der Waals surface area (Å²) in [6.45, 7) is 0.0922. The van der Waals surface area contributed by atoms with Crippen molar-refractivity contribution in [3.8, 4) is 5.75 Å². The fourth-order valence-corrected chi connectivity index (χ4v) is 3.23. The maximum absolute atomic E-state index is 12.2. The molecule has 0 saturated heterocycles. The number of sulfonamides is 1. The SMILES string of the molecule is COc1ccc(CNC(=O)CNC(=O)c2cccc(S(=O)(=O)N(C)C)c2)cc1. The van der Waals surface area contributed by atoms with Crippen LogP contribution < -0.4 is 15.4 Å². The van der Waals surface area contributed by atoms with Gasteiger partial charge in [0.15, 0.2) is 0 Å². The lowest BCUT2D eigenvalue weighted by Gasteiger charge is -2.12. The van der Waals surface area contributed by atoms with E-state index in [1.807, 2.05) is 12.1 Å². The fourth-order valence-electron chi connectivity index (χ4n) is 2.28. The molecule has 0 fully saturated rings. The smallest absolute Gasteiger partial charge is 0.251 e. The molecule has 0 unspecified atom stereocenters. The van der Waals surface area contributed by atoms with E-state index in [1.165, 1.54) is 38.4 Å². The summed E-state index contributed by atoms with van der Waals surface area (Å²) in [6.07, 6.45) is 0. The lowest BCUT2D eigenvalue weighted by atomic mass is 10.2. The van der Waals surface area contributed by atoms with Crippen molar-refractivity contribution in [3.63, 3.8) is 0 Å². The number of benzene rings is 2. The van der Waals surface area contributed by atoms with Crippen LogP contribution in [0.3, 0.4) is 0 Å². The second-order valence-electron chi connectivity index (χ2n) is 6.12. The molecule has 0 bridgehead atoms. The molecular weight excluding hydrogens is 382 g/mol. The molecule has 0 saturated carbocycles. The molecule has 2 rings (SSSR count). The van der Waals surface area contributed by atoms with Crippen molar-refractivity contribution in [2.45, 2.75) is 11.4 Å². The zero-order valence-electron chi connectivity index (χ0n) is 15.9. The summed E-state index contributed by atoms with van der Waals surface area (Å²) in [7, 11) is 0.755. The number of hydrogen-bond donors (Lipinski definition) is 2. The highest BCUT2D eigenvalue weighted by Crippen LogP contribution is 2.15. The Morgan fingerprint density at radius 2 is 1.71 bits per heavy atom. The van der Waals surface area contributed by atoms with Gasteiger partial charge in [0.2, 0.25) is 15.9 Å². The third-order valence-corrected chi connectivity index (χ3v) is 5.74. The molecular formula is C19H23N3O5S. The number of carbonyl (C=O) groups is 2. The van der Waals surface area contributed by atoms with E-state index < -0.39 is 15.9 Å². The van der Waals surface area contributed by atoms with Crippen LogP contribution in [0.15, 0.2) is 53.4 Å². The van der Waals surface area contributed by atoms with Gasteiger partial charge in [0.1, 0.15) is 5.75 Å². The molecule has 0 radical (unpaired) electrons. The maximum Gasteiger partial charge on any atom is 0.251 e. The standard InChI is InChI=1S/C19H23N3O5S/c1-22(2)28(25,26)17-6-4-5-15(11-17)19(24)21-13-18(23)20-12-14-7-9-16(27-3)10-8-14/h4-11H,12-13H2,1-3H3,(H,20,23)(H,21,24). The largest absolute Gasteiger partial charge is 0.497 e. The number of rotatable bonds is 8. The molecule has 8 nitrogen and oxygen atoms in total. The zero-order valence-corrected chi connectivity index (χ0v) is 16.7. The molecule has 2 N–H and O–H groups in total. The fraction of sp³-hybridized carbons (Fsp3) is 0.263. The Kier molecular flexibility index (Phi) is 7.13. The van der Waals surface area contributed by atoms with Crippen molar-refractivity contribution >= 4 is 21.8 Å². The summed E-state index contributed by atoms with van der Waals surface area (Å²) in [5, 5.41) is 5.18. The molecule has 0 heterocycles. The van der Waals surface area contributed by atoms with E-state index in [2.05, 4.69) is 10.6 Å². The van der Waals surface area contributed by atoms with Crippen molar-refractivity contribution in [3.05, 3.63) is 59.7 Å².